The molecule has 0 saturated carbocycles. The summed E-state index contributed by atoms with van der Waals surface area (Å²) in [5.41, 5.74) is 0.870. The summed E-state index contributed by atoms with van der Waals surface area (Å²) in [5.74, 6) is 0. The summed E-state index contributed by atoms with van der Waals surface area (Å²) >= 11 is 0. The fraction of sp³-hybridized carbons (Fsp3) is 0.125. The van der Waals surface area contributed by atoms with E-state index in [2.05, 4.69) is 18.2 Å². The third kappa shape index (κ3) is 3.47. The second-order valence-corrected chi connectivity index (χ2v) is 1.45. The number of aliphatic imine (C=N–C) groups is 1. The van der Waals surface area contributed by atoms with Crippen LogP contribution < -0.4 is 0 Å². The maximum Gasteiger partial charge on any atom is 0.0564 e. The van der Waals surface area contributed by atoms with Gasteiger partial charge in [0, 0.05) is 7.05 Å². The van der Waals surface area contributed by atoms with Gasteiger partial charge in [-0.25, -0.2) is 0 Å². The molecule has 9 heavy (non-hydrogen) atoms. The Bertz CT molecular complexity index is 152. The van der Waals surface area contributed by atoms with Crippen molar-refractivity contribution in [1.82, 2.24) is 0 Å². The molecule has 0 bridgehead atoms. The molecule has 0 fully saturated rings. The van der Waals surface area contributed by atoms with Gasteiger partial charge in [0.15, 0.2) is 0 Å². The lowest BCUT2D eigenvalue weighted by molar-refractivity contribution is 1.45. The average Bonchev–Trinajstić information content (AvgIpc) is 1.91. The van der Waals surface area contributed by atoms with E-state index in [1.807, 2.05) is 12.2 Å². The summed E-state index contributed by atoms with van der Waals surface area (Å²) in [6.45, 7) is 7.09. The molecule has 0 aliphatic rings. The molecular weight excluding hydrogens is 110 g/mol. The first kappa shape index (κ1) is 7.89. The minimum Gasteiger partial charge on any atom is -0.289 e. The fourth-order valence-electron chi connectivity index (χ4n) is 0.400. The summed E-state index contributed by atoms with van der Waals surface area (Å²) in [7, 11) is 1.73. The zero-order valence-corrected chi connectivity index (χ0v) is 5.67. The predicted molar refractivity (Wildman–Crippen MR) is 42.9 cm³/mol. The van der Waals surface area contributed by atoms with Crippen molar-refractivity contribution in [3.05, 3.63) is 37.5 Å². The van der Waals surface area contributed by atoms with Gasteiger partial charge in [0.1, 0.15) is 0 Å². The quantitative estimate of drug-likeness (QED) is 0.400. The smallest absolute Gasteiger partial charge is 0.0564 e. The molecule has 0 atom stereocenters. The molecule has 1 heteroatoms. The lowest BCUT2D eigenvalue weighted by Crippen LogP contribution is -1.83. The second-order valence-electron chi connectivity index (χ2n) is 1.45. The lowest BCUT2D eigenvalue weighted by atomic mass is 10.3. The lowest BCUT2D eigenvalue weighted by Gasteiger charge is -1.84. The number of hydrogen-bond acceptors (Lipinski definition) is 1. The Hall–Kier alpha value is -1.11. The molecule has 1 nitrogen and oxygen atoms in total. The molecule has 0 aromatic rings. The highest BCUT2D eigenvalue weighted by Crippen LogP contribution is 1.81. The average molecular weight is 121 g/mol. The molecule has 0 aliphatic heterocycles. The molecule has 0 radical (unpaired) electrons. The van der Waals surface area contributed by atoms with E-state index in [-0.39, 0.29) is 0 Å². The van der Waals surface area contributed by atoms with Crippen LogP contribution in [0.2, 0.25) is 0 Å². The highest BCUT2D eigenvalue weighted by Gasteiger charge is 1.77. The monoisotopic (exact) mass is 121 g/mol. The number of allylic oxidation sites excluding steroid dienone is 4. The maximum atomic E-state index is 3.91. The van der Waals surface area contributed by atoms with Crippen LogP contribution >= 0.6 is 0 Å². The normalized spacial score (nSPS) is 11.9. The van der Waals surface area contributed by atoms with Crippen molar-refractivity contribution in [3.8, 4) is 0 Å². The zero-order valence-electron chi connectivity index (χ0n) is 5.67. The molecule has 0 spiro atoms. The molecule has 0 amide bonds. The van der Waals surface area contributed by atoms with E-state index >= 15 is 0 Å². The Morgan fingerprint density at radius 3 is 2.44 bits per heavy atom. The van der Waals surface area contributed by atoms with Crippen LogP contribution in [-0.2, 0) is 0 Å². The highest BCUT2D eigenvalue weighted by molar-refractivity contribution is 6.03. The Kier molecular flexibility index (Phi) is 4.41. The van der Waals surface area contributed by atoms with Crippen LogP contribution in [0.1, 0.15) is 0 Å². The van der Waals surface area contributed by atoms with E-state index in [0.29, 0.717) is 0 Å². The van der Waals surface area contributed by atoms with Crippen LogP contribution in [0.25, 0.3) is 0 Å². The molecule has 0 heterocycles. The van der Waals surface area contributed by atoms with Crippen molar-refractivity contribution in [2.45, 2.75) is 0 Å². The second kappa shape index (κ2) is 5.04. The van der Waals surface area contributed by atoms with E-state index < -0.39 is 0 Å². The standard InChI is InChI=1S/C8H11N/c1-4-6-7-8(5-2)9-3/h4-7H,1-2H2,3H3/b7-6-,9-8-. The van der Waals surface area contributed by atoms with E-state index in [0.717, 1.165) is 5.71 Å². The molecule has 0 aliphatic carbocycles. The van der Waals surface area contributed by atoms with Crippen molar-refractivity contribution >= 4 is 5.71 Å². The number of rotatable bonds is 3. The van der Waals surface area contributed by atoms with Gasteiger partial charge in [-0.2, -0.15) is 0 Å². The van der Waals surface area contributed by atoms with E-state index in [4.69, 9.17) is 0 Å². The molecule has 0 aromatic heterocycles. The summed E-state index contributed by atoms with van der Waals surface area (Å²) < 4.78 is 0. The summed E-state index contributed by atoms with van der Waals surface area (Å²) in [6, 6.07) is 0. The Balaban J connectivity index is 3.99. The first-order valence-electron chi connectivity index (χ1n) is 2.73. The van der Waals surface area contributed by atoms with E-state index in [9.17, 15) is 0 Å². The third-order valence-electron chi connectivity index (χ3n) is 0.870. The van der Waals surface area contributed by atoms with Crippen LogP contribution in [0.4, 0.5) is 0 Å². The topological polar surface area (TPSA) is 12.4 Å². The van der Waals surface area contributed by atoms with Gasteiger partial charge in [-0.05, 0) is 12.2 Å². The van der Waals surface area contributed by atoms with Crippen molar-refractivity contribution in [2.24, 2.45) is 4.99 Å². The van der Waals surface area contributed by atoms with Gasteiger partial charge < -0.3 is 0 Å². The van der Waals surface area contributed by atoms with Crippen LogP contribution in [0.15, 0.2) is 42.5 Å². The maximum absolute atomic E-state index is 3.91. The van der Waals surface area contributed by atoms with Gasteiger partial charge in [0.25, 0.3) is 0 Å². The van der Waals surface area contributed by atoms with Crippen molar-refractivity contribution in [3.63, 3.8) is 0 Å². The Morgan fingerprint density at radius 2 is 2.11 bits per heavy atom. The number of nitrogens with zero attached hydrogens (tertiary/aromatic N) is 1. The SMILES string of the molecule is C=C/C=C\C(C=C)=N/C. The minimum absolute atomic E-state index is 0.870. The van der Waals surface area contributed by atoms with Gasteiger partial charge in [0.2, 0.25) is 0 Å². The molecule has 0 unspecified atom stereocenters. The van der Waals surface area contributed by atoms with Crippen molar-refractivity contribution < 1.29 is 0 Å². The van der Waals surface area contributed by atoms with E-state index in [1.165, 1.54) is 0 Å². The van der Waals surface area contributed by atoms with Crippen LogP contribution in [-0.4, -0.2) is 12.8 Å². The van der Waals surface area contributed by atoms with Gasteiger partial charge >= 0.3 is 0 Å². The van der Waals surface area contributed by atoms with Gasteiger partial charge in [0.05, 0.1) is 5.71 Å². The van der Waals surface area contributed by atoms with Gasteiger partial charge in [-0.15, -0.1) is 0 Å². The van der Waals surface area contributed by atoms with Crippen LogP contribution in [0.5, 0.6) is 0 Å². The molecule has 0 rings (SSSR count). The summed E-state index contributed by atoms with van der Waals surface area (Å²) in [6.07, 6.45) is 7.07. The predicted octanol–water partition coefficient (Wildman–Crippen LogP) is 1.99. The molecule has 0 aromatic carbocycles. The molecular formula is C8H11N. The minimum atomic E-state index is 0.870. The Labute approximate surface area is 56.1 Å². The zero-order chi connectivity index (χ0) is 7.11. The van der Waals surface area contributed by atoms with Gasteiger partial charge in [-0.1, -0.05) is 25.3 Å². The molecule has 0 N–H and O–H groups in total. The molecule has 48 valence electrons. The molecule has 0 saturated heterocycles. The summed E-state index contributed by atoms with van der Waals surface area (Å²) in [5, 5.41) is 0. The van der Waals surface area contributed by atoms with Gasteiger partial charge in [-0.3, -0.25) is 4.99 Å². The third-order valence-corrected chi connectivity index (χ3v) is 0.870. The van der Waals surface area contributed by atoms with Crippen LogP contribution in [0, 0.1) is 0 Å². The first-order valence-corrected chi connectivity index (χ1v) is 2.73. The van der Waals surface area contributed by atoms with Crippen LogP contribution in [0.3, 0.4) is 0 Å². The number of hydrogen-bond donors (Lipinski definition) is 0. The Morgan fingerprint density at radius 1 is 1.44 bits per heavy atom. The van der Waals surface area contributed by atoms with E-state index in [1.54, 1.807) is 19.2 Å². The van der Waals surface area contributed by atoms with Crippen molar-refractivity contribution in [2.75, 3.05) is 7.05 Å². The fourth-order valence-corrected chi connectivity index (χ4v) is 0.400. The first-order chi connectivity index (χ1) is 4.35. The summed E-state index contributed by atoms with van der Waals surface area (Å²) in [4.78, 5) is 3.91. The van der Waals surface area contributed by atoms with Crippen molar-refractivity contribution in [1.29, 1.82) is 0 Å². The highest BCUT2D eigenvalue weighted by atomic mass is 14.7. The largest absolute Gasteiger partial charge is 0.289 e.